The van der Waals surface area contributed by atoms with Crippen LogP contribution in [0.1, 0.15) is 18.9 Å². The van der Waals surface area contributed by atoms with Gasteiger partial charge in [-0.1, -0.05) is 35.0 Å². The average molecular weight is 286 g/mol. The molecule has 0 aliphatic rings. The zero-order valence-corrected chi connectivity index (χ0v) is 10.8. The smallest absolute Gasteiger partial charge is 0.224 e. The Morgan fingerprint density at radius 2 is 2.31 bits per heavy atom. The van der Waals surface area contributed by atoms with Crippen molar-refractivity contribution in [1.29, 1.82) is 0 Å². The normalized spacial score (nSPS) is 12.1. The summed E-state index contributed by atoms with van der Waals surface area (Å²) in [6.07, 6.45) is 1.20. The van der Waals surface area contributed by atoms with Crippen LogP contribution in [0, 0.1) is 0 Å². The summed E-state index contributed by atoms with van der Waals surface area (Å²) >= 11 is 3.35. The Bertz CT molecular complexity index is 351. The highest BCUT2D eigenvalue weighted by Crippen LogP contribution is 2.11. The largest absolute Gasteiger partial charge is 0.508 e. The van der Waals surface area contributed by atoms with Gasteiger partial charge in [0.05, 0.1) is 6.42 Å². The summed E-state index contributed by atoms with van der Waals surface area (Å²) in [5.74, 6) is 0.176. The first-order valence-electron chi connectivity index (χ1n) is 5.29. The van der Waals surface area contributed by atoms with Gasteiger partial charge in [0.25, 0.3) is 0 Å². The van der Waals surface area contributed by atoms with Gasteiger partial charge < -0.3 is 10.4 Å². The third-order valence-corrected chi connectivity index (χ3v) is 3.10. The maximum absolute atomic E-state index is 11.6. The van der Waals surface area contributed by atoms with Crippen molar-refractivity contribution in [2.24, 2.45) is 0 Å². The second-order valence-electron chi connectivity index (χ2n) is 3.67. The summed E-state index contributed by atoms with van der Waals surface area (Å²) in [5, 5.41) is 12.9. The van der Waals surface area contributed by atoms with E-state index in [1.807, 2.05) is 13.0 Å². The predicted octanol–water partition coefficient (Wildman–Crippen LogP) is 2.22. The van der Waals surface area contributed by atoms with Crippen molar-refractivity contribution in [3.8, 4) is 5.75 Å². The Morgan fingerprint density at radius 3 is 2.88 bits per heavy atom. The lowest BCUT2D eigenvalue weighted by atomic mass is 10.1. The van der Waals surface area contributed by atoms with E-state index >= 15 is 0 Å². The standard InChI is InChI=1S/C12H16BrNO2/c1-2-10(8-13)14-12(16)7-9-4-3-5-11(15)6-9/h3-6,10,15H,2,7-8H2,1H3,(H,14,16). The van der Waals surface area contributed by atoms with Crippen LogP contribution in [0.4, 0.5) is 0 Å². The summed E-state index contributed by atoms with van der Waals surface area (Å²) in [6.45, 7) is 2.03. The van der Waals surface area contributed by atoms with E-state index in [0.29, 0.717) is 6.42 Å². The summed E-state index contributed by atoms with van der Waals surface area (Å²) in [7, 11) is 0. The number of hydrogen-bond acceptors (Lipinski definition) is 2. The molecule has 0 radical (unpaired) electrons. The molecule has 0 aliphatic carbocycles. The highest BCUT2D eigenvalue weighted by molar-refractivity contribution is 9.09. The Balaban J connectivity index is 2.51. The molecule has 0 fully saturated rings. The molecule has 1 unspecified atom stereocenters. The topological polar surface area (TPSA) is 49.3 Å². The van der Waals surface area contributed by atoms with Crippen LogP contribution in [-0.4, -0.2) is 22.4 Å². The van der Waals surface area contributed by atoms with E-state index in [1.165, 1.54) is 0 Å². The molecule has 0 aliphatic heterocycles. The molecule has 1 aromatic rings. The molecule has 3 nitrogen and oxygen atoms in total. The lowest BCUT2D eigenvalue weighted by molar-refractivity contribution is -0.121. The molecule has 1 amide bonds. The maximum Gasteiger partial charge on any atom is 0.224 e. The molecule has 0 spiro atoms. The molecule has 0 heterocycles. The van der Waals surface area contributed by atoms with Crippen molar-refractivity contribution in [2.45, 2.75) is 25.8 Å². The monoisotopic (exact) mass is 285 g/mol. The van der Waals surface area contributed by atoms with Crippen molar-refractivity contribution in [2.75, 3.05) is 5.33 Å². The number of phenolic OH excluding ortho intramolecular Hbond substituents is 1. The van der Waals surface area contributed by atoms with Gasteiger partial charge >= 0.3 is 0 Å². The van der Waals surface area contributed by atoms with E-state index in [4.69, 9.17) is 0 Å². The Morgan fingerprint density at radius 1 is 1.56 bits per heavy atom. The van der Waals surface area contributed by atoms with Crippen LogP contribution in [0.15, 0.2) is 24.3 Å². The number of amides is 1. The molecule has 2 N–H and O–H groups in total. The lowest BCUT2D eigenvalue weighted by Crippen LogP contribution is -2.36. The number of alkyl halides is 1. The van der Waals surface area contributed by atoms with Crippen molar-refractivity contribution < 1.29 is 9.90 Å². The van der Waals surface area contributed by atoms with E-state index < -0.39 is 0 Å². The number of carbonyl (C=O) groups is 1. The van der Waals surface area contributed by atoms with Gasteiger partial charge in [-0.15, -0.1) is 0 Å². The summed E-state index contributed by atoms with van der Waals surface area (Å²) in [4.78, 5) is 11.6. The second kappa shape index (κ2) is 6.53. The quantitative estimate of drug-likeness (QED) is 0.815. The fourth-order valence-corrected chi connectivity index (χ4v) is 2.00. The van der Waals surface area contributed by atoms with Crippen LogP contribution in [-0.2, 0) is 11.2 Å². The molecule has 4 heteroatoms. The van der Waals surface area contributed by atoms with Crippen LogP contribution >= 0.6 is 15.9 Å². The highest BCUT2D eigenvalue weighted by Gasteiger charge is 2.09. The van der Waals surface area contributed by atoms with Gasteiger partial charge in [-0.2, -0.15) is 0 Å². The first-order chi connectivity index (χ1) is 7.65. The fourth-order valence-electron chi connectivity index (χ4n) is 1.38. The first-order valence-corrected chi connectivity index (χ1v) is 6.41. The van der Waals surface area contributed by atoms with Crippen LogP contribution in [0.5, 0.6) is 5.75 Å². The minimum atomic E-state index is -0.0168. The molecular formula is C12H16BrNO2. The van der Waals surface area contributed by atoms with Gasteiger partial charge in [-0.3, -0.25) is 4.79 Å². The van der Waals surface area contributed by atoms with Gasteiger partial charge in [0, 0.05) is 11.4 Å². The van der Waals surface area contributed by atoms with Gasteiger partial charge in [0.15, 0.2) is 0 Å². The van der Waals surface area contributed by atoms with Crippen molar-refractivity contribution in [3.63, 3.8) is 0 Å². The van der Waals surface area contributed by atoms with Crippen molar-refractivity contribution >= 4 is 21.8 Å². The Hall–Kier alpha value is -1.03. The van der Waals surface area contributed by atoms with E-state index in [9.17, 15) is 9.90 Å². The van der Waals surface area contributed by atoms with Crippen LogP contribution in [0.2, 0.25) is 0 Å². The van der Waals surface area contributed by atoms with Crippen molar-refractivity contribution in [3.05, 3.63) is 29.8 Å². The Kier molecular flexibility index (Phi) is 5.32. The fraction of sp³-hybridized carbons (Fsp3) is 0.417. The zero-order valence-electron chi connectivity index (χ0n) is 9.24. The molecule has 0 bridgehead atoms. The number of rotatable bonds is 5. The van der Waals surface area contributed by atoms with E-state index in [1.54, 1.807) is 18.2 Å². The third-order valence-electron chi connectivity index (χ3n) is 2.32. The number of hydrogen-bond donors (Lipinski definition) is 2. The number of nitrogens with one attached hydrogen (secondary N) is 1. The molecule has 1 aromatic carbocycles. The van der Waals surface area contributed by atoms with Gasteiger partial charge in [0.1, 0.15) is 5.75 Å². The molecule has 0 saturated carbocycles. The summed E-state index contributed by atoms with van der Waals surface area (Å²) < 4.78 is 0. The van der Waals surface area contributed by atoms with Crippen molar-refractivity contribution in [1.82, 2.24) is 5.32 Å². The summed E-state index contributed by atoms with van der Waals surface area (Å²) in [6, 6.07) is 6.93. The second-order valence-corrected chi connectivity index (χ2v) is 4.32. The SMILES string of the molecule is CCC(CBr)NC(=O)Cc1cccc(O)c1. The van der Waals surface area contributed by atoms with Crippen LogP contribution in [0.3, 0.4) is 0 Å². The number of benzene rings is 1. The summed E-state index contributed by atoms with van der Waals surface area (Å²) in [5.41, 5.74) is 0.821. The molecule has 0 saturated heterocycles. The molecule has 16 heavy (non-hydrogen) atoms. The Labute approximate surface area is 104 Å². The van der Waals surface area contributed by atoms with Crippen LogP contribution in [0.25, 0.3) is 0 Å². The van der Waals surface area contributed by atoms with Gasteiger partial charge in [0.2, 0.25) is 5.91 Å². The molecule has 1 atom stereocenters. The maximum atomic E-state index is 11.6. The van der Waals surface area contributed by atoms with E-state index in [2.05, 4.69) is 21.2 Å². The van der Waals surface area contributed by atoms with Gasteiger partial charge in [-0.25, -0.2) is 0 Å². The first kappa shape index (κ1) is 13.0. The average Bonchev–Trinajstić information content (AvgIpc) is 2.26. The number of phenols is 1. The highest BCUT2D eigenvalue weighted by atomic mass is 79.9. The number of carbonyl (C=O) groups excluding carboxylic acids is 1. The zero-order chi connectivity index (χ0) is 12.0. The lowest BCUT2D eigenvalue weighted by Gasteiger charge is -2.13. The molecule has 1 rings (SSSR count). The molecular weight excluding hydrogens is 270 g/mol. The van der Waals surface area contributed by atoms with E-state index in [0.717, 1.165) is 17.3 Å². The van der Waals surface area contributed by atoms with Gasteiger partial charge in [-0.05, 0) is 24.1 Å². The minimum Gasteiger partial charge on any atom is -0.508 e. The molecule has 88 valence electrons. The number of halogens is 1. The minimum absolute atomic E-state index is 0.0168. The van der Waals surface area contributed by atoms with Crippen LogP contribution < -0.4 is 5.32 Å². The third kappa shape index (κ3) is 4.23. The molecule has 0 aromatic heterocycles. The number of aromatic hydroxyl groups is 1. The predicted molar refractivity (Wildman–Crippen MR) is 67.8 cm³/mol. The van der Waals surface area contributed by atoms with E-state index in [-0.39, 0.29) is 17.7 Å².